The van der Waals surface area contributed by atoms with Gasteiger partial charge in [0, 0.05) is 39.3 Å². The van der Waals surface area contributed by atoms with E-state index in [0.717, 1.165) is 26.2 Å². The molecule has 12 heteroatoms. The smallest absolute Gasteiger partial charge is 0.261 e. The fourth-order valence-electron chi connectivity index (χ4n) is 2.91. The zero-order chi connectivity index (χ0) is 18.6. The Morgan fingerprint density at radius 1 is 0.750 bits per heavy atom. The first-order valence-corrected chi connectivity index (χ1v) is 15.3. The first-order chi connectivity index (χ1) is 11.2. The van der Waals surface area contributed by atoms with Crippen molar-refractivity contribution in [1.82, 2.24) is 18.9 Å². The van der Waals surface area contributed by atoms with Crippen LogP contribution in [0.25, 0.3) is 0 Å². The molecule has 7 nitrogen and oxygen atoms in total. The Balaban J connectivity index is 3.68. The van der Waals surface area contributed by atoms with E-state index in [1.807, 2.05) is 18.5 Å². The van der Waals surface area contributed by atoms with Crippen molar-refractivity contribution in [3.63, 3.8) is 0 Å². The lowest BCUT2D eigenvalue weighted by Crippen LogP contribution is -2.40. The molecule has 0 amide bonds. The minimum Gasteiger partial charge on any atom is -0.261 e. The second-order valence-corrected chi connectivity index (χ2v) is 15.7. The molecule has 0 fully saturated rings. The van der Waals surface area contributed by atoms with Gasteiger partial charge in [-0.1, -0.05) is 41.5 Å². The minimum atomic E-state index is -3.26. The third kappa shape index (κ3) is 4.68. The number of rotatable bonds is 9. The highest BCUT2D eigenvalue weighted by molar-refractivity contribution is 8.13. The van der Waals surface area contributed by atoms with E-state index < -0.39 is 21.0 Å². The Morgan fingerprint density at radius 2 is 1.12 bits per heavy atom. The number of hydrogen-bond acceptors (Lipinski definition) is 4. The van der Waals surface area contributed by atoms with Crippen LogP contribution < -0.4 is 4.86 Å². The highest BCUT2D eigenvalue weighted by Crippen LogP contribution is 2.81. The van der Waals surface area contributed by atoms with Crippen LogP contribution in [0.4, 0.5) is 0 Å². The highest BCUT2D eigenvalue weighted by Gasteiger charge is 2.46. The van der Waals surface area contributed by atoms with Gasteiger partial charge in [0.05, 0.1) is 0 Å². The highest BCUT2D eigenvalue weighted by atomic mass is 35.9. The maximum Gasteiger partial charge on any atom is 0.335 e. The van der Waals surface area contributed by atoms with Crippen LogP contribution in [0.15, 0.2) is 9.03 Å². The Morgan fingerprint density at radius 3 is 1.46 bits per heavy atom. The molecule has 0 radical (unpaired) electrons. The number of nitrogens with one attached hydrogen (secondary N) is 1. The molecule has 0 saturated carbocycles. The molecule has 0 aromatic carbocycles. The molecule has 1 rings (SSSR count). The minimum absolute atomic E-state index is 0.606. The molecular formula is C12H31Cl2N6OP3. The van der Waals surface area contributed by atoms with Crippen LogP contribution in [0.5, 0.6) is 0 Å². The zero-order valence-electron chi connectivity index (χ0n) is 15.5. The SMILES string of the molecule is CCN(CC)P1(=O)N=P(Cl)(Cl)N=P(N(CC)CC)(N(CC)CC)N1. The van der Waals surface area contributed by atoms with Crippen molar-refractivity contribution < 1.29 is 4.57 Å². The largest absolute Gasteiger partial charge is 0.335 e. The Hall–Kier alpha value is 1.11. The Bertz CT molecular complexity index is 553. The molecule has 0 bridgehead atoms. The second kappa shape index (κ2) is 9.35. The summed E-state index contributed by atoms with van der Waals surface area (Å²) in [7, 11) is -5.77. The zero-order valence-corrected chi connectivity index (χ0v) is 19.7. The summed E-state index contributed by atoms with van der Waals surface area (Å²) >= 11 is 13.0. The van der Waals surface area contributed by atoms with Gasteiger partial charge in [0.2, 0.25) is 0 Å². The van der Waals surface area contributed by atoms with Gasteiger partial charge >= 0.3 is 7.59 Å². The van der Waals surface area contributed by atoms with Crippen LogP contribution in [0, 0.1) is 0 Å². The van der Waals surface area contributed by atoms with Crippen molar-refractivity contribution >= 4 is 43.5 Å². The monoisotopic (exact) mass is 438 g/mol. The van der Waals surface area contributed by atoms with Crippen molar-refractivity contribution in [2.75, 3.05) is 39.3 Å². The lowest BCUT2D eigenvalue weighted by molar-refractivity contribution is 0.401. The summed E-state index contributed by atoms with van der Waals surface area (Å²) in [5, 5.41) is 0. The molecule has 1 unspecified atom stereocenters. The lowest BCUT2D eigenvalue weighted by atomic mass is 10.7. The summed E-state index contributed by atoms with van der Waals surface area (Å²) in [6, 6.07) is 0. The van der Waals surface area contributed by atoms with Crippen LogP contribution in [0.2, 0.25) is 0 Å². The van der Waals surface area contributed by atoms with E-state index in [9.17, 15) is 4.57 Å². The standard InChI is InChI=1S/C12H31Cl2N6OP3/c1-7-18(8-2)23(19(9-3)10-4)15-22(13,14)16-24(21,17-23)20(11-5)12-6/h7-12H2,1-6H3,(H,17,21). The van der Waals surface area contributed by atoms with E-state index in [-0.39, 0.29) is 0 Å². The lowest BCUT2D eigenvalue weighted by Gasteiger charge is -2.47. The quantitative estimate of drug-likeness (QED) is 0.441. The summed E-state index contributed by atoms with van der Waals surface area (Å²) in [5.74, 6) is -3.03. The Labute approximate surface area is 156 Å². The molecule has 0 spiro atoms. The number of hydrogen-bond donors (Lipinski definition) is 1. The average molecular weight is 439 g/mol. The van der Waals surface area contributed by atoms with Crippen LogP contribution >= 0.6 is 43.5 Å². The van der Waals surface area contributed by atoms with Crippen LogP contribution in [-0.4, -0.2) is 53.3 Å². The predicted octanol–water partition coefficient (Wildman–Crippen LogP) is 6.09. The molecule has 0 saturated heterocycles. The molecule has 1 heterocycles. The summed E-state index contributed by atoms with van der Waals surface area (Å²) in [6.45, 7) is 16.5. The third-order valence-corrected chi connectivity index (χ3v) is 16.4. The van der Waals surface area contributed by atoms with Gasteiger partial charge in [-0.3, -0.25) is 4.57 Å². The molecule has 1 aliphatic rings. The maximum absolute atomic E-state index is 13.7. The van der Waals surface area contributed by atoms with E-state index in [4.69, 9.17) is 27.0 Å². The van der Waals surface area contributed by atoms with E-state index in [2.05, 4.69) is 46.4 Å². The van der Waals surface area contributed by atoms with Crippen LogP contribution in [0.3, 0.4) is 0 Å². The van der Waals surface area contributed by atoms with Gasteiger partial charge in [0.15, 0.2) is 7.51 Å². The summed E-state index contributed by atoms with van der Waals surface area (Å²) in [4.78, 5) is 3.37. The molecule has 0 aliphatic carbocycles. The summed E-state index contributed by atoms with van der Waals surface area (Å²) in [5.41, 5.74) is 0. The first-order valence-electron chi connectivity index (χ1n) is 8.51. The molecule has 1 N–H and O–H groups in total. The van der Waals surface area contributed by atoms with Crippen molar-refractivity contribution in [1.29, 1.82) is 0 Å². The average Bonchev–Trinajstić information content (AvgIpc) is 2.48. The van der Waals surface area contributed by atoms with Gasteiger partial charge < -0.3 is 0 Å². The fraction of sp³-hybridized carbons (Fsp3) is 1.00. The molecule has 0 aromatic heterocycles. The van der Waals surface area contributed by atoms with E-state index in [1.165, 1.54) is 0 Å². The van der Waals surface area contributed by atoms with Crippen molar-refractivity contribution in [3.8, 4) is 0 Å². The first kappa shape index (κ1) is 23.1. The number of halogens is 2. The predicted molar refractivity (Wildman–Crippen MR) is 110 cm³/mol. The van der Waals surface area contributed by atoms with E-state index in [0.29, 0.717) is 13.1 Å². The van der Waals surface area contributed by atoms with Crippen molar-refractivity contribution in [3.05, 3.63) is 0 Å². The molecule has 24 heavy (non-hydrogen) atoms. The fourth-order valence-corrected chi connectivity index (χ4v) is 17.1. The van der Waals surface area contributed by atoms with Gasteiger partial charge in [-0.05, 0) is 22.5 Å². The van der Waals surface area contributed by atoms with Crippen molar-refractivity contribution in [2.24, 2.45) is 9.03 Å². The number of nitrogens with zero attached hydrogens (tertiary/aromatic N) is 5. The Kier molecular flexibility index (Phi) is 9.02. The normalized spacial score (nSPS) is 25.8. The summed E-state index contributed by atoms with van der Waals surface area (Å²) < 4.78 is 29.1. The molecule has 0 aromatic rings. The topological polar surface area (TPSA) is 63.5 Å². The third-order valence-electron chi connectivity index (χ3n) is 4.09. The van der Waals surface area contributed by atoms with Crippen LogP contribution in [-0.2, 0) is 4.57 Å². The van der Waals surface area contributed by atoms with E-state index in [1.54, 1.807) is 0 Å². The molecule has 144 valence electrons. The van der Waals surface area contributed by atoms with Gasteiger partial charge in [0.25, 0.3) is 5.91 Å². The van der Waals surface area contributed by atoms with Gasteiger partial charge in [0.1, 0.15) is 0 Å². The van der Waals surface area contributed by atoms with E-state index >= 15 is 0 Å². The second-order valence-electron chi connectivity index (χ2n) is 5.26. The van der Waals surface area contributed by atoms with Gasteiger partial charge in [-0.25, -0.2) is 14.0 Å². The maximum atomic E-state index is 13.7. The molecule has 1 aliphatic heterocycles. The summed E-state index contributed by atoms with van der Waals surface area (Å²) in [6.07, 6.45) is 0. The van der Waals surface area contributed by atoms with Gasteiger partial charge in [-0.15, -0.1) is 0 Å². The van der Waals surface area contributed by atoms with Crippen LogP contribution in [0.1, 0.15) is 41.5 Å². The molecule has 1 atom stereocenters. The van der Waals surface area contributed by atoms with Gasteiger partial charge in [-0.2, -0.15) is 13.9 Å². The van der Waals surface area contributed by atoms with Crippen molar-refractivity contribution in [2.45, 2.75) is 41.5 Å². The molecular weight excluding hydrogens is 408 g/mol.